The fourth-order valence-corrected chi connectivity index (χ4v) is 4.73. The zero-order valence-electron chi connectivity index (χ0n) is 18.8. The summed E-state index contributed by atoms with van der Waals surface area (Å²) in [4.78, 5) is 18.7. The quantitative estimate of drug-likeness (QED) is 0.253. The number of ketones is 1. The number of nitrogens with zero attached hydrogens (tertiary/aromatic N) is 1. The molecule has 3 aromatic carbocycles. The number of hydrogen-bond acceptors (Lipinski definition) is 5. The Morgan fingerprint density at radius 2 is 1.74 bits per heavy atom. The van der Waals surface area contributed by atoms with Crippen molar-refractivity contribution >= 4 is 27.9 Å². The average Bonchev–Trinajstić information content (AvgIpc) is 3.22. The number of rotatable bonds is 8. The van der Waals surface area contributed by atoms with Gasteiger partial charge in [0.25, 0.3) is 0 Å². The van der Waals surface area contributed by atoms with Gasteiger partial charge in [-0.2, -0.15) is 13.2 Å². The maximum absolute atomic E-state index is 13.2. The Balaban J connectivity index is 1.55. The zero-order valence-corrected chi connectivity index (χ0v) is 19.7. The summed E-state index contributed by atoms with van der Waals surface area (Å²) < 4.78 is 38.6. The number of carbonyl (C=O) groups excluding carboxylic acids is 1. The van der Waals surface area contributed by atoms with Crippen molar-refractivity contribution in [1.82, 2.24) is 4.98 Å². The SMILES string of the molecule is Cc1sc(Nc2cccc(C(=O)C(CCO)c3ccccc3)c2)nc1-c1ccc(C(F)(F)F)cc1. The van der Waals surface area contributed by atoms with Crippen LogP contribution in [0.4, 0.5) is 24.0 Å². The number of nitrogens with one attached hydrogen (secondary N) is 1. The number of aromatic nitrogens is 1. The summed E-state index contributed by atoms with van der Waals surface area (Å²) in [5.41, 5.74) is 2.52. The van der Waals surface area contributed by atoms with Crippen LogP contribution in [0, 0.1) is 6.92 Å². The first-order chi connectivity index (χ1) is 16.8. The van der Waals surface area contributed by atoms with Gasteiger partial charge in [-0.3, -0.25) is 4.79 Å². The minimum Gasteiger partial charge on any atom is -0.396 e. The molecular formula is C27H23F3N2O2S. The van der Waals surface area contributed by atoms with E-state index in [2.05, 4.69) is 10.3 Å². The molecule has 0 aliphatic carbocycles. The third-order valence-electron chi connectivity index (χ3n) is 5.62. The fourth-order valence-electron chi connectivity index (χ4n) is 3.87. The fraction of sp³-hybridized carbons (Fsp3) is 0.185. The Hall–Kier alpha value is -3.49. The van der Waals surface area contributed by atoms with Crippen molar-refractivity contribution in [3.05, 3.63) is 100 Å². The summed E-state index contributed by atoms with van der Waals surface area (Å²) in [6.07, 6.45) is -4.07. The lowest BCUT2D eigenvalue weighted by Gasteiger charge is -2.16. The van der Waals surface area contributed by atoms with Crippen LogP contribution in [0.1, 0.15) is 38.7 Å². The number of aliphatic hydroxyl groups excluding tert-OH is 1. The van der Waals surface area contributed by atoms with Crippen molar-refractivity contribution < 1.29 is 23.1 Å². The van der Waals surface area contributed by atoms with E-state index in [0.29, 0.717) is 34.1 Å². The summed E-state index contributed by atoms with van der Waals surface area (Å²) in [5, 5.41) is 13.3. The first kappa shape index (κ1) is 24.6. The summed E-state index contributed by atoms with van der Waals surface area (Å²) in [6, 6.07) is 21.4. The normalized spacial score (nSPS) is 12.4. The summed E-state index contributed by atoms with van der Waals surface area (Å²) in [6.45, 7) is 1.75. The van der Waals surface area contributed by atoms with E-state index in [-0.39, 0.29) is 12.4 Å². The highest BCUT2D eigenvalue weighted by Gasteiger charge is 2.30. The highest BCUT2D eigenvalue weighted by atomic mass is 32.1. The molecule has 1 atom stereocenters. The molecule has 1 unspecified atom stereocenters. The highest BCUT2D eigenvalue weighted by Crippen LogP contribution is 2.35. The first-order valence-corrected chi connectivity index (χ1v) is 11.8. The molecule has 35 heavy (non-hydrogen) atoms. The standard InChI is InChI=1S/C27H23F3N2O2S/c1-17-24(19-10-12-21(13-11-19)27(28,29)30)32-26(35-17)31-22-9-5-8-20(16-22)25(34)23(14-15-33)18-6-3-2-4-7-18/h2-13,16,23,33H,14-15H2,1H3,(H,31,32). The van der Waals surface area contributed by atoms with E-state index in [4.69, 9.17) is 0 Å². The number of halogens is 3. The summed E-state index contributed by atoms with van der Waals surface area (Å²) in [7, 11) is 0. The molecule has 1 heterocycles. The van der Waals surface area contributed by atoms with Gasteiger partial charge in [0.15, 0.2) is 10.9 Å². The van der Waals surface area contributed by atoms with Crippen LogP contribution in [-0.4, -0.2) is 22.5 Å². The number of Topliss-reactive ketones (excluding diaryl/α,β-unsaturated/α-hetero) is 1. The van der Waals surface area contributed by atoms with Crippen molar-refractivity contribution in [3.8, 4) is 11.3 Å². The van der Waals surface area contributed by atoms with Gasteiger partial charge >= 0.3 is 6.18 Å². The van der Waals surface area contributed by atoms with Gasteiger partial charge in [-0.05, 0) is 43.2 Å². The van der Waals surface area contributed by atoms with Gasteiger partial charge < -0.3 is 10.4 Å². The van der Waals surface area contributed by atoms with E-state index >= 15 is 0 Å². The molecule has 0 spiro atoms. The second-order valence-corrected chi connectivity index (χ2v) is 9.25. The monoisotopic (exact) mass is 496 g/mol. The van der Waals surface area contributed by atoms with E-state index in [0.717, 1.165) is 22.6 Å². The first-order valence-electron chi connectivity index (χ1n) is 11.0. The predicted octanol–water partition coefficient (Wildman–Crippen LogP) is 7.23. The van der Waals surface area contributed by atoms with Crippen LogP contribution in [-0.2, 0) is 6.18 Å². The number of alkyl halides is 3. The molecule has 0 saturated carbocycles. The van der Waals surface area contributed by atoms with E-state index in [9.17, 15) is 23.1 Å². The largest absolute Gasteiger partial charge is 0.416 e. The van der Waals surface area contributed by atoms with Gasteiger partial charge in [-0.15, -0.1) is 11.3 Å². The second kappa shape index (κ2) is 10.4. The van der Waals surface area contributed by atoms with E-state index < -0.39 is 17.7 Å². The van der Waals surface area contributed by atoms with E-state index in [1.807, 2.05) is 43.3 Å². The molecule has 4 aromatic rings. The number of hydrogen-bond donors (Lipinski definition) is 2. The van der Waals surface area contributed by atoms with E-state index in [1.54, 1.807) is 18.2 Å². The maximum atomic E-state index is 13.2. The Kier molecular flexibility index (Phi) is 7.33. The lowest BCUT2D eigenvalue weighted by Crippen LogP contribution is -2.14. The number of carbonyl (C=O) groups is 1. The van der Waals surface area contributed by atoms with Crippen molar-refractivity contribution in [3.63, 3.8) is 0 Å². The minimum absolute atomic E-state index is 0.0883. The summed E-state index contributed by atoms with van der Waals surface area (Å²) in [5.74, 6) is -0.542. The van der Waals surface area contributed by atoms with Crippen molar-refractivity contribution in [2.24, 2.45) is 0 Å². The van der Waals surface area contributed by atoms with Crippen LogP contribution in [0.25, 0.3) is 11.3 Å². The Morgan fingerprint density at radius 3 is 2.40 bits per heavy atom. The van der Waals surface area contributed by atoms with Crippen molar-refractivity contribution in [2.75, 3.05) is 11.9 Å². The minimum atomic E-state index is -4.39. The molecule has 0 saturated heterocycles. The predicted molar refractivity (Wildman–Crippen MR) is 132 cm³/mol. The van der Waals surface area contributed by atoms with Crippen LogP contribution in [0.5, 0.6) is 0 Å². The van der Waals surface area contributed by atoms with Crippen molar-refractivity contribution in [1.29, 1.82) is 0 Å². The number of thiazole rings is 1. The van der Waals surface area contributed by atoms with Gasteiger partial charge in [0, 0.05) is 34.2 Å². The van der Waals surface area contributed by atoms with Crippen LogP contribution in [0.3, 0.4) is 0 Å². The van der Waals surface area contributed by atoms with Gasteiger partial charge in [0.2, 0.25) is 0 Å². The zero-order chi connectivity index (χ0) is 25.0. The lowest BCUT2D eigenvalue weighted by molar-refractivity contribution is -0.137. The van der Waals surface area contributed by atoms with Gasteiger partial charge in [0.1, 0.15) is 0 Å². The molecule has 4 nitrogen and oxygen atoms in total. The third-order valence-corrected chi connectivity index (χ3v) is 6.50. The lowest BCUT2D eigenvalue weighted by atomic mass is 9.88. The average molecular weight is 497 g/mol. The molecule has 0 aliphatic rings. The molecule has 0 fully saturated rings. The third kappa shape index (κ3) is 5.78. The molecule has 8 heteroatoms. The molecule has 180 valence electrons. The smallest absolute Gasteiger partial charge is 0.396 e. The number of anilines is 2. The molecule has 0 radical (unpaired) electrons. The Bertz CT molecular complexity index is 1300. The molecule has 0 amide bonds. The molecule has 1 aromatic heterocycles. The van der Waals surface area contributed by atoms with Crippen molar-refractivity contribution in [2.45, 2.75) is 25.4 Å². The van der Waals surface area contributed by atoms with Crippen LogP contribution in [0.2, 0.25) is 0 Å². The Labute approximate surface area is 205 Å². The van der Waals surface area contributed by atoms with E-state index in [1.165, 1.54) is 23.5 Å². The van der Waals surface area contributed by atoms with Gasteiger partial charge in [0.05, 0.1) is 11.3 Å². The summed E-state index contributed by atoms with van der Waals surface area (Å²) >= 11 is 1.38. The maximum Gasteiger partial charge on any atom is 0.416 e. The topological polar surface area (TPSA) is 62.2 Å². The Morgan fingerprint density at radius 1 is 1.03 bits per heavy atom. The second-order valence-electron chi connectivity index (χ2n) is 8.04. The molecule has 0 bridgehead atoms. The molecule has 0 aliphatic heterocycles. The number of aryl methyl sites for hydroxylation is 1. The molecule has 4 rings (SSSR count). The number of aliphatic hydroxyl groups is 1. The highest BCUT2D eigenvalue weighted by molar-refractivity contribution is 7.16. The van der Waals surface area contributed by atoms with Crippen LogP contribution in [0.15, 0.2) is 78.9 Å². The number of benzene rings is 3. The molecular weight excluding hydrogens is 473 g/mol. The van der Waals surface area contributed by atoms with Gasteiger partial charge in [-0.1, -0.05) is 54.6 Å². The van der Waals surface area contributed by atoms with Crippen LogP contribution >= 0.6 is 11.3 Å². The van der Waals surface area contributed by atoms with Crippen LogP contribution < -0.4 is 5.32 Å². The van der Waals surface area contributed by atoms with Gasteiger partial charge in [-0.25, -0.2) is 4.98 Å². The molecule has 2 N–H and O–H groups in total.